The number of benzene rings is 1. The molecule has 1 aliphatic heterocycles. The molecule has 5 heteroatoms. The monoisotopic (exact) mass is 240 g/mol. The lowest BCUT2D eigenvalue weighted by atomic mass is 10.2. The quantitative estimate of drug-likeness (QED) is 0.673. The van der Waals surface area contributed by atoms with Crippen molar-refractivity contribution in [1.82, 2.24) is 0 Å². The smallest absolute Gasteiger partial charge is 0.0945 e. The Kier molecular flexibility index (Phi) is 3.58. The number of rotatable bonds is 3. The first kappa shape index (κ1) is 11.6. The highest BCUT2D eigenvalue weighted by atomic mass is 32.2. The summed E-state index contributed by atoms with van der Waals surface area (Å²) < 4.78 is 0. The lowest BCUT2D eigenvalue weighted by Crippen LogP contribution is -2.37. The van der Waals surface area contributed by atoms with Gasteiger partial charge in [0.2, 0.25) is 0 Å². The Labute approximate surface area is 99.1 Å². The van der Waals surface area contributed by atoms with Gasteiger partial charge in [0.05, 0.1) is 18.4 Å². The van der Waals surface area contributed by atoms with Crippen LogP contribution in [0, 0.1) is 0 Å². The Balaban J connectivity index is 2.21. The second kappa shape index (κ2) is 4.95. The molecular formula is C11H16N2O2S. The zero-order valence-electron chi connectivity index (χ0n) is 8.97. The van der Waals surface area contributed by atoms with Crippen molar-refractivity contribution in [1.29, 1.82) is 0 Å². The molecule has 4 nitrogen and oxygen atoms in total. The van der Waals surface area contributed by atoms with Crippen LogP contribution < -0.4 is 10.6 Å². The summed E-state index contributed by atoms with van der Waals surface area (Å²) >= 11 is 1.79. The summed E-state index contributed by atoms with van der Waals surface area (Å²) in [5.41, 5.74) is 7.55. The van der Waals surface area contributed by atoms with E-state index < -0.39 is 6.10 Å². The lowest BCUT2D eigenvalue weighted by molar-refractivity contribution is 0.1000. The van der Waals surface area contributed by atoms with Crippen molar-refractivity contribution < 1.29 is 10.2 Å². The molecule has 0 amide bonds. The zero-order chi connectivity index (χ0) is 11.5. The molecule has 0 aromatic heterocycles. The molecule has 0 spiro atoms. The third-order valence-electron chi connectivity index (χ3n) is 2.58. The van der Waals surface area contributed by atoms with Gasteiger partial charge in [0, 0.05) is 29.4 Å². The van der Waals surface area contributed by atoms with Gasteiger partial charge in [-0.1, -0.05) is 0 Å². The average Bonchev–Trinajstić information content (AvgIpc) is 2.29. The van der Waals surface area contributed by atoms with E-state index in [1.807, 2.05) is 18.2 Å². The fourth-order valence-electron chi connectivity index (χ4n) is 1.79. The van der Waals surface area contributed by atoms with Gasteiger partial charge in [0.15, 0.2) is 0 Å². The number of hydrogen-bond donors (Lipinski definition) is 3. The van der Waals surface area contributed by atoms with Crippen molar-refractivity contribution in [2.75, 3.05) is 36.1 Å². The third kappa shape index (κ3) is 2.42. The van der Waals surface area contributed by atoms with Crippen LogP contribution in [0.4, 0.5) is 11.4 Å². The molecule has 4 N–H and O–H groups in total. The molecule has 0 saturated heterocycles. The van der Waals surface area contributed by atoms with E-state index in [9.17, 15) is 5.11 Å². The largest absolute Gasteiger partial charge is 0.399 e. The number of hydrogen-bond acceptors (Lipinski definition) is 5. The summed E-state index contributed by atoms with van der Waals surface area (Å²) in [6.07, 6.45) is -0.697. The van der Waals surface area contributed by atoms with Crippen LogP contribution >= 0.6 is 11.8 Å². The van der Waals surface area contributed by atoms with Crippen LogP contribution in [0.3, 0.4) is 0 Å². The second-order valence-corrected chi connectivity index (χ2v) is 4.99. The Morgan fingerprint density at radius 1 is 1.50 bits per heavy atom. The first-order valence-electron chi connectivity index (χ1n) is 5.27. The van der Waals surface area contributed by atoms with Crippen molar-refractivity contribution in [3.05, 3.63) is 18.2 Å². The van der Waals surface area contributed by atoms with Gasteiger partial charge in [0.25, 0.3) is 0 Å². The van der Waals surface area contributed by atoms with Crippen molar-refractivity contribution >= 4 is 23.1 Å². The molecule has 1 aromatic carbocycles. The summed E-state index contributed by atoms with van der Waals surface area (Å²) in [4.78, 5) is 3.26. The standard InChI is InChI=1S/C11H16N2O2S/c12-8-1-2-11-10(5-8)13(3-4-16-11)6-9(15)7-14/h1-2,5,9,14-15H,3-4,6-7,12H2. The molecule has 2 rings (SSSR count). The lowest BCUT2D eigenvalue weighted by Gasteiger charge is -2.32. The van der Waals surface area contributed by atoms with E-state index in [4.69, 9.17) is 10.8 Å². The predicted octanol–water partition coefficient (Wildman–Crippen LogP) is 0.534. The van der Waals surface area contributed by atoms with Crippen LogP contribution in [0.1, 0.15) is 0 Å². The topological polar surface area (TPSA) is 69.7 Å². The highest BCUT2D eigenvalue weighted by Gasteiger charge is 2.19. The van der Waals surface area contributed by atoms with E-state index in [0.29, 0.717) is 6.54 Å². The summed E-state index contributed by atoms with van der Waals surface area (Å²) in [6, 6.07) is 5.82. The maximum absolute atomic E-state index is 9.48. The Morgan fingerprint density at radius 2 is 2.31 bits per heavy atom. The van der Waals surface area contributed by atoms with Gasteiger partial charge in [-0.2, -0.15) is 0 Å². The molecular weight excluding hydrogens is 224 g/mol. The van der Waals surface area contributed by atoms with Crippen molar-refractivity contribution in [3.8, 4) is 0 Å². The number of nitrogens with two attached hydrogens (primary N) is 1. The summed E-state index contributed by atoms with van der Waals surface area (Å²) in [7, 11) is 0. The van der Waals surface area contributed by atoms with E-state index in [1.54, 1.807) is 11.8 Å². The number of nitrogens with zero attached hydrogens (tertiary/aromatic N) is 1. The van der Waals surface area contributed by atoms with Crippen LogP contribution in [0.25, 0.3) is 0 Å². The van der Waals surface area contributed by atoms with Gasteiger partial charge in [-0.3, -0.25) is 0 Å². The molecule has 1 heterocycles. The summed E-state index contributed by atoms with van der Waals surface area (Å²) in [6.45, 7) is 1.12. The molecule has 0 fully saturated rings. The molecule has 1 aromatic rings. The third-order valence-corrected chi connectivity index (χ3v) is 3.63. The van der Waals surface area contributed by atoms with E-state index in [1.165, 1.54) is 4.90 Å². The van der Waals surface area contributed by atoms with Gasteiger partial charge in [0.1, 0.15) is 0 Å². The molecule has 1 atom stereocenters. The van der Waals surface area contributed by atoms with E-state index in [0.717, 1.165) is 23.7 Å². The normalized spacial score (nSPS) is 17.0. The van der Waals surface area contributed by atoms with Gasteiger partial charge < -0.3 is 20.8 Å². The number of nitrogen functional groups attached to an aromatic ring is 1. The fraction of sp³-hybridized carbons (Fsp3) is 0.455. The van der Waals surface area contributed by atoms with Crippen LogP contribution in [-0.4, -0.2) is 41.8 Å². The number of fused-ring (bicyclic) bond motifs is 1. The SMILES string of the molecule is Nc1ccc2c(c1)N(CC(O)CO)CCS2. The highest BCUT2D eigenvalue weighted by Crippen LogP contribution is 2.35. The van der Waals surface area contributed by atoms with E-state index >= 15 is 0 Å². The second-order valence-electron chi connectivity index (χ2n) is 3.86. The van der Waals surface area contributed by atoms with Crippen molar-refractivity contribution in [3.63, 3.8) is 0 Å². The fourth-order valence-corrected chi connectivity index (χ4v) is 2.82. The average molecular weight is 240 g/mol. The molecule has 16 heavy (non-hydrogen) atoms. The minimum atomic E-state index is -0.697. The van der Waals surface area contributed by atoms with Crippen LogP contribution in [-0.2, 0) is 0 Å². The first-order valence-corrected chi connectivity index (χ1v) is 6.25. The summed E-state index contributed by atoms with van der Waals surface area (Å²) in [5, 5.41) is 18.3. The minimum absolute atomic E-state index is 0.207. The van der Waals surface area contributed by atoms with Gasteiger partial charge >= 0.3 is 0 Å². The number of aliphatic hydroxyl groups excluding tert-OH is 2. The van der Waals surface area contributed by atoms with Crippen LogP contribution in [0.5, 0.6) is 0 Å². The Bertz CT molecular complexity index is 373. The van der Waals surface area contributed by atoms with Crippen LogP contribution in [0.15, 0.2) is 23.1 Å². The maximum atomic E-state index is 9.48. The van der Waals surface area contributed by atoms with Crippen molar-refractivity contribution in [2.24, 2.45) is 0 Å². The maximum Gasteiger partial charge on any atom is 0.0945 e. The van der Waals surface area contributed by atoms with E-state index in [2.05, 4.69) is 4.90 Å². The van der Waals surface area contributed by atoms with Gasteiger partial charge in [-0.25, -0.2) is 0 Å². The first-order chi connectivity index (χ1) is 7.70. The molecule has 0 aliphatic carbocycles. The highest BCUT2D eigenvalue weighted by molar-refractivity contribution is 7.99. The number of anilines is 2. The number of aliphatic hydroxyl groups is 2. The number of β-amino-alcohol motifs (C(OH)–C–C–N with tert-alkyl or cyclic N) is 1. The molecule has 0 saturated carbocycles. The van der Waals surface area contributed by atoms with Gasteiger partial charge in [-0.15, -0.1) is 11.8 Å². The Hall–Kier alpha value is -0.910. The summed E-state index contributed by atoms with van der Waals surface area (Å²) in [5.74, 6) is 0.995. The zero-order valence-corrected chi connectivity index (χ0v) is 9.78. The van der Waals surface area contributed by atoms with Crippen LogP contribution in [0.2, 0.25) is 0 Å². The van der Waals surface area contributed by atoms with Crippen molar-refractivity contribution in [2.45, 2.75) is 11.0 Å². The predicted molar refractivity (Wildman–Crippen MR) is 66.9 cm³/mol. The van der Waals surface area contributed by atoms with E-state index in [-0.39, 0.29) is 6.61 Å². The Morgan fingerprint density at radius 3 is 3.06 bits per heavy atom. The number of thioether (sulfide) groups is 1. The molecule has 0 bridgehead atoms. The van der Waals surface area contributed by atoms with Gasteiger partial charge in [-0.05, 0) is 18.2 Å². The minimum Gasteiger partial charge on any atom is -0.399 e. The molecule has 0 radical (unpaired) electrons. The molecule has 1 aliphatic rings. The molecule has 88 valence electrons. The molecule has 1 unspecified atom stereocenters.